The molecule has 24 heavy (non-hydrogen) atoms. The van der Waals surface area contributed by atoms with Crippen LogP contribution in [0.4, 0.5) is 10.5 Å². The van der Waals surface area contributed by atoms with Crippen molar-refractivity contribution in [1.82, 2.24) is 0 Å². The second-order valence-corrected chi connectivity index (χ2v) is 19.7. The van der Waals surface area contributed by atoms with Crippen molar-refractivity contribution in [3.05, 3.63) is 30.3 Å². The minimum absolute atomic E-state index is 0.471. The summed E-state index contributed by atoms with van der Waals surface area (Å²) >= 11 is 8.64. The zero-order valence-corrected chi connectivity index (χ0v) is 22.3. The third-order valence-electron chi connectivity index (χ3n) is 2.32. The number of nitrogens with two attached hydrogens (primary N) is 3. The minimum atomic E-state index is -0.853. The van der Waals surface area contributed by atoms with E-state index >= 15 is 0 Å². The normalized spacial score (nSPS) is 8.67. The van der Waals surface area contributed by atoms with Gasteiger partial charge in [0.1, 0.15) is 0 Å². The van der Waals surface area contributed by atoms with Crippen LogP contribution >= 0.6 is 43.9 Å². The van der Waals surface area contributed by atoms with E-state index in [4.69, 9.17) is 41.6 Å². The molecular formula is C12H18N4O2S4Zn2. The number of anilines is 1. The van der Waals surface area contributed by atoms with Crippen molar-refractivity contribution in [3.8, 4) is 0 Å². The quantitative estimate of drug-likeness (QED) is 0.181. The van der Waals surface area contributed by atoms with Crippen LogP contribution in [-0.2, 0) is 36.7 Å². The van der Waals surface area contributed by atoms with Crippen molar-refractivity contribution in [1.29, 1.82) is 0 Å². The van der Waals surface area contributed by atoms with Gasteiger partial charge in [0.2, 0.25) is 0 Å². The molecule has 12 heteroatoms. The topological polar surface area (TPSA) is 116 Å². The number of hydrogen-bond acceptors (Lipinski definition) is 7. The standard InChI is InChI=1S/C7H8N2O2.C3H6.2CH3NS2.2Zn/c8-7(10)11-9-6-4-2-1-3-5-6;1-3-2;2*2-1(3)4;;/h1-5,9H,(H2,8,10);1-3H2;2*(H3,2,3,4);;/q;;;;2*+1/p-2. The van der Waals surface area contributed by atoms with Gasteiger partial charge in [-0.3, -0.25) is 0 Å². The molecule has 6 nitrogen and oxygen atoms in total. The van der Waals surface area contributed by atoms with E-state index in [1.807, 2.05) is 18.2 Å². The molecule has 0 aliphatic heterocycles. The molecule has 0 saturated carbocycles. The van der Waals surface area contributed by atoms with Gasteiger partial charge in [-0.05, 0) is 12.1 Å². The Kier molecular flexibility index (Phi) is 16.5. The van der Waals surface area contributed by atoms with Gasteiger partial charge in [-0.2, -0.15) is 0 Å². The summed E-state index contributed by atoms with van der Waals surface area (Å²) in [5, 5.41) is 2.77. The Morgan fingerprint density at radius 2 is 1.54 bits per heavy atom. The summed E-state index contributed by atoms with van der Waals surface area (Å²) in [4.78, 5) is 14.4. The van der Waals surface area contributed by atoms with Gasteiger partial charge in [-0.1, -0.05) is 18.2 Å². The Morgan fingerprint density at radius 3 is 1.96 bits per heavy atom. The van der Waals surface area contributed by atoms with Gasteiger partial charge < -0.3 is 10.6 Å². The maximum atomic E-state index is 10.1. The molecular weight excluding hydrogens is 491 g/mol. The third kappa shape index (κ3) is 18.4. The van der Waals surface area contributed by atoms with Crippen LogP contribution in [-0.4, -0.2) is 14.7 Å². The average Bonchev–Trinajstić information content (AvgIpc) is 2.53. The second-order valence-electron chi connectivity index (χ2n) is 4.28. The van der Waals surface area contributed by atoms with Gasteiger partial charge in [0.15, 0.2) is 0 Å². The molecule has 0 aliphatic carbocycles. The fraction of sp³-hybridized carbons (Fsp3) is 0.250. The molecule has 126 valence electrons. The SMILES string of the molecule is NC(=O)ONc1ccccc1.NC(=S)[S][Zn][CH2]C[CH2][Zn][S]C(N)=S. The molecule has 1 aromatic rings. The molecule has 0 unspecified atom stereocenters. The second kappa shape index (κ2) is 16.5. The Bertz CT molecular complexity index is 493. The zero-order valence-electron chi connectivity index (χ0n) is 13.1. The van der Waals surface area contributed by atoms with E-state index in [0.29, 0.717) is 14.3 Å². The van der Waals surface area contributed by atoms with E-state index in [-0.39, 0.29) is 0 Å². The first kappa shape index (κ1) is 24.0. The zero-order chi connectivity index (χ0) is 18.2. The number of hydrogen-bond donors (Lipinski definition) is 4. The van der Waals surface area contributed by atoms with Crippen molar-refractivity contribution < 1.29 is 41.5 Å². The molecule has 0 aliphatic rings. The molecule has 0 saturated heterocycles. The number of amides is 1. The van der Waals surface area contributed by atoms with Crippen molar-refractivity contribution in [2.45, 2.75) is 16.5 Å². The van der Waals surface area contributed by atoms with Crippen molar-refractivity contribution in [2.75, 3.05) is 5.48 Å². The number of carbonyl (C=O) groups excluding carboxylic acids is 1. The van der Waals surface area contributed by atoms with Crippen LogP contribution in [0, 0.1) is 0 Å². The van der Waals surface area contributed by atoms with Crippen LogP contribution in [0.15, 0.2) is 30.3 Å². The molecule has 1 rings (SSSR count). The van der Waals surface area contributed by atoms with E-state index in [1.165, 1.54) is 16.5 Å². The summed E-state index contributed by atoms with van der Waals surface area (Å²) in [6, 6.07) is 8.99. The van der Waals surface area contributed by atoms with Crippen molar-refractivity contribution >= 4 is 64.4 Å². The average molecular weight is 509 g/mol. The summed E-state index contributed by atoms with van der Waals surface area (Å²) in [5.74, 6) is 0. The van der Waals surface area contributed by atoms with Crippen LogP contribution in [0.1, 0.15) is 6.42 Å². The Balaban J connectivity index is 0.000000446. The molecule has 1 amide bonds. The monoisotopic (exact) mass is 506 g/mol. The van der Waals surface area contributed by atoms with Crippen LogP contribution in [0.5, 0.6) is 0 Å². The van der Waals surface area contributed by atoms with Gasteiger partial charge >= 0.3 is 118 Å². The van der Waals surface area contributed by atoms with Crippen LogP contribution in [0.2, 0.25) is 10.0 Å². The summed E-state index contributed by atoms with van der Waals surface area (Å²) < 4.78 is 1.28. The number of primary amides is 1. The summed E-state index contributed by atoms with van der Waals surface area (Å²) in [5.41, 5.74) is 18.5. The van der Waals surface area contributed by atoms with Crippen LogP contribution in [0.3, 0.4) is 0 Å². The van der Waals surface area contributed by atoms with Crippen molar-refractivity contribution in [2.24, 2.45) is 17.2 Å². The summed E-state index contributed by atoms with van der Waals surface area (Å²) in [6.45, 7) is 0. The third-order valence-corrected chi connectivity index (χ3v) is 19.4. The number of para-hydroxylation sites is 1. The molecule has 0 heterocycles. The molecule has 0 bridgehead atoms. The summed E-state index contributed by atoms with van der Waals surface area (Å²) in [6.07, 6.45) is 0.499. The first-order chi connectivity index (χ1) is 11.4. The molecule has 7 N–H and O–H groups in total. The molecule has 0 spiro atoms. The van der Waals surface area contributed by atoms with Crippen LogP contribution in [0.25, 0.3) is 0 Å². The molecule has 1 aromatic carbocycles. The van der Waals surface area contributed by atoms with E-state index in [1.54, 1.807) is 31.6 Å². The van der Waals surface area contributed by atoms with E-state index < -0.39 is 37.9 Å². The number of nitrogens with one attached hydrogen (secondary N) is 1. The Hall–Kier alpha value is 0.0168. The predicted molar refractivity (Wildman–Crippen MR) is 104 cm³/mol. The predicted octanol–water partition coefficient (Wildman–Crippen LogP) is 3.27. The van der Waals surface area contributed by atoms with E-state index in [0.717, 1.165) is 0 Å². The molecule has 0 fully saturated rings. The number of thiocarbonyl (C=S) groups is 2. The maximum absolute atomic E-state index is 10.1. The van der Waals surface area contributed by atoms with Gasteiger partial charge in [0.05, 0.1) is 5.69 Å². The first-order valence-electron chi connectivity index (χ1n) is 7.03. The molecule has 0 radical (unpaired) electrons. The van der Waals surface area contributed by atoms with Gasteiger partial charge in [0.25, 0.3) is 0 Å². The molecule has 0 atom stereocenters. The van der Waals surface area contributed by atoms with Gasteiger partial charge in [-0.25, -0.2) is 10.3 Å². The number of rotatable bonds is 8. The molecule has 0 aromatic heterocycles. The van der Waals surface area contributed by atoms with E-state index in [2.05, 4.69) is 10.3 Å². The van der Waals surface area contributed by atoms with E-state index in [9.17, 15) is 4.79 Å². The van der Waals surface area contributed by atoms with Crippen molar-refractivity contribution in [3.63, 3.8) is 0 Å². The fourth-order valence-corrected chi connectivity index (χ4v) is 16.6. The Morgan fingerprint density at radius 1 is 1.04 bits per heavy atom. The Labute approximate surface area is 174 Å². The van der Waals surface area contributed by atoms with Crippen LogP contribution < -0.4 is 22.7 Å². The van der Waals surface area contributed by atoms with Gasteiger partial charge in [0, 0.05) is 0 Å². The number of benzene rings is 1. The fourth-order valence-electron chi connectivity index (χ4n) is 1.34. The summed E-state index contributed by atoms with van der Waals surface area (Å²) in [7, 11) is 3.51. The first-order valence-corrected chi connectivity index (χ1v) is 21.3. The van der Waals surface area contributed by atoms with Gasteiger partial charge in [-0.15, -0.1) is 0 Å². The number of carbonyl (C=O) groups is 1.